The van der Waals surface area contributed by atoms with Gasteiger partial charge in [0.05, 0.1) is 12.7 Å². The van der Waals surface area contributed by atoms with Gasteiger partial charge in [-0.25, -0.2) is 0 Å². The molecule has 3 aliphatic rings. The van der Waals surface area contributed by atoms with Gasteiger partial charge in [-0.1, -0.05) is 31.9 Å². The zero-order valence-corrected chi connectivity index (χ0v) is 13.9. The molecule has 0 radical (unpaired) electrons. The molecule has 5 unspecified atom stereocenters. The first-order valence-electron chi connectivity index (χ1n) is 8.80. The van der Waals surface area contributed by atoms with Crippen LogP contribution in [0.4, 0.5) is 0 Å². The van der Waals surface area contributed by atoms with Crippen molar-refractivity contribution in [2.45, 2.75) is 58.8 Å². The second-order valence-electron chi connectivity index (χ2n) is 7.45. The lowest BCUT2D eigenvalue weighted by molar-refractivity contribution is -0.123. The summed E-state index contributed by atoms with van der Waals surface area (Å²) in [6.45, 7) is 11.2. The van der Waals surface area contributed by atoms with E-state index < -0.39 is 0 Å². The Morgan fingerprint density at radius 3 is 2.67 bits per heavy atom. The molecule has 0 bridgehead atoms. The molecule has 2 fully saturated rings. The fourth-order valence-electron chi connectivity index (χ4n) is 4.50. The van der Waals surface area contributed by atoms with Crippen LogP contribution in [-0.2, 0) is 9.47 Å². The van der Waals surface area contributed by atoms with Gasteiger partial charge in [0.15, 0.2) is 6.29 Å². The lowest BCUT2D eigenvalue weighted by atomic mass is 9.74. The Morgan fingerprint density at radius 1 is 1.19 bits per heavy atom. The summed E-state index contributed by atoms with van der Waals surface area (Å²) in [4.78, 5) is 2.55. The van der Waals surface area contributed by atoms with Crippen LogP contribution in [-0.4, -0.2) is 43.5 Å². The van der Waals surface area contributed by atoms with Crippen LogP contribution < -0.4 is 0 Å². The third-order valence-electron chi connectivity index (χ3n) is 5.45. The summed E-state index contributed by atoms with van der Waals surface area (Å²) < 4.78 is 12.3. The van der Waals surface area contributed by atoms with E-state index in [1.54, 1.807) is 0 Å². The van der Waals surface area contributed by atoms with Crippen LogP contribution in [0.3, 0.4) is 0 Å². The van der Waals surface area contributed by atoms with Crippen LogP contribution in [0.15, 0.2) is 11.6 Å². The molecule has 2 aliphatic heterocycles. The Hall–Kier alpha value is -0.380. The summed E-state index contributed by atoms with van der Waals surface area (Å²) in [5.74, 6) is 1.73. The van der Waals surface area contributed by atoms with Crippen LogP contribution in [0.1, 0.15) is 46.5 Å². The topological polar surface area (TPSA) is 21.7 Å². The minimum absolute atomic E-state index is 0.00846. The molecule has 0 saturated carbocycles. The first kappa shape index (κ1) is 15.5. The van der Waals surface area contributed by atoms with Gasteiger partial charge in [0.2, 0.25) is 0 Å². The van der Waals surface area contributed by atoms with Crippen molar-refractivity contribution >= 4 is 0 Å². The van der Waals surface area contributed by atoms with Crippen LogP contribution in [0.25, 0.3) is 0 Å². The second kappa shape index (κ2) is 6.80. The molecule has 0 N–H and O–H groups in total. The zero-order valence-electron chi connectivity index (χ0n) is 13.9. The average Bonchev–Trinajstić information content (AvgIpc) is 2.87. The summed E-state index contributed by atoms with van der Waals surface area (Å²) in [5.41, 5.74) is 1.52. The van der Waals surface area contributed by atoms with Crippen molar-refractivity contribution in [1.29, 1.82) is 0 Å². The van der Waals surface area contributed by atoms with Gasteiger partial charge in [-0.15, -0.1) is 0 Å². The van der Waals surface area contributed by atoms with Gasteiger partial charge in [0.1, 0.15) is 0 Å². The summed E-state index contributed by atoms with van der Waals surface area (Å²) in [6, 6.07) is 0. The van der Waals surface area contributed by atoms with Gasteiger partial charge in [-0.3, -0.25) is 0 Å². The smallest absolute Gasteiger partial charge is 0.161 e. The van der Waals surface area contributed by atoms with Crippen LogP contribution in [0.5, 0.6) is 0 Å². The van der Waals surface area contributed by atoms with Crippen LogP contribution in [0, 0.1) is 17.8 Å². The number of hydrogen-bond acceptors (Lipinski definition) is 3. The molecule has 0 aromatic rings. The van der Waals surface area contributed by atoms with E-state index in [9.17, 15) is 0 Å². The third-order valence-corrected chi connectivity index (χ3v) is 5.45. The lowest BCUT2D eigenvalue weighted by Gasteiger charge is -2.36. The highest BCUT2D eigenvalue weighted by molar-refractivity contribution is 5.09. The number of likely N-dealkylation sites (tertiary alicyclic amines) is 1. The molecule has 21 heavy (non-hydrogen) atoms. The molecule has 1 aliphatic carbocycles. The van der Waals surface area contributed by atoms with Gasteiger partial charge >= 0.3 is 0 Å². The van der Waals surface area contributed by atoms with Crippen molar-refractivity contribution in [3.63, 3.8) is 0 Å². The Labute approximate surface area is 129 Å². The van der Waals surface area contributed by atoms with Gasteiger partial charge in [0, 0.05) is 12.5 Å². The van der Waals surface area contributed by atoms with Gasteiger partial charge in [0.25, 0.3) is 0 Å². The predicted octanol–water partition coefficient (Wildman–Crippen LogP) is 3.45. The highest BCUT2D eigenvalue weighted by Gasteiger charge is 2.40. The number of piperidine rings is 1. The summed E-state index contributed by atoms with van der Waals surface area (Å²) in [5, 5.41) is 0. The summed E-state index contributed by atoms with van der Waals surface area (Å²) in [7, 11) is 0. The number of hydrogen-bond donors (Lipinski definition) is 0. The number of allylic oxidation sites excluding steroid dienone is 2. The largest absolute Gasteiger partial charge is 0.350 e. The maximum Gasteiger partial charge on any atom is 0.161 e. The molecule has 5 atom stereocenters. The maximum atomic E-state index is 6.29. The minimum atomic E-state index is 0.00846. The number of nitrogens with zero attached hydrogens (tertiary/aromatic N) is 1. The Balaban J connectivity index is 1.54. The monoisotopic (exact) mass is 293 g/mol. The Morgan fingerprint density at radius 2 is 1.95 bits per heavy atom. The van der Waals surface area contributed by atoms with E-state index >= 15 is 0 Å². The van der Waals surface area contributed by atoms with Crippen molar-refractivity contribution in [3.8, 4) is 0 Å². The zero-order chi connectivity index (χ0) is 14.8. The van der Waals surface area contributed by atoms with E-state index in [2.05, 4.69) is 31.7 Å². The lowest BCUT2D eigenvalue weighted by Crippen LogP contribution is -2.39. The van der Waals surface area contributed by atoms with Gasteiger partial charge in [-0.05, 0) is 51.1 Å². The first-order chi connectivity index (χ1) is 10.1. The number of ether oxygens (including phenoxy) is 2. The molecule has 0 amide bonds. The van der Waals surface area contributed by atoms with Gasteiger partial charge in [-0.2, -0.15) is 0 Å². The van der Waals surface area contributed by atoms with E-state index in [1.165, 1.54) is 44.3 Å². The van der Waals surface area contributed by atoms with Crippen LogP contribution in [0.2, 0.25) is 0 Å². The molecule has 2 heterocycles. The maximum absolute atomic E-state index is 6.29. The molecular weight excluding hydrogens is 262 g/mol. The van der Waals surface area contributed by atoms with Gasteiger partial charge < -0.3 is 14.4 Å². The minimum Gasteiger partial charge on any atom is -0.350 e. The molecule has 120 valence electrons. The third kappa shape index (κ3) is 3.69. The quantitative estimate of drug-likeness (QED) is 0.744. The molecule has 3 heteroatoms. The van der Waals surface area contributed by atoms with E-state index in [1.807, 2.05) is 0 Å². The second-order valence-corrected chi connectivity index (χ2v) is 7.45. The summed E-state index contributed by atoms with van der Waals surface area (Å²) >= 11 is 0. The Bertz CT molecular complexity index is 375. The molecule has 0 aromatic heterocycles. The van der Waals surface area contributed by atoms with E-state index in [4.69, 9.17) is 9.47 Å². The highest BCUT2D eigenvalue weighted by Crippen LogP contribution is 2.39. The molecule has 0 spiro atoms. The number of rotatable bonds is 3. The fraction of sp³-hybridized carbons (Fsp3) is 0.889. The molecule has 3 nitrogen and oxygen atoms in total. The van der Waals surface area contributed by atoms with Crippen molar-refractivity contribution < 1.29 is 9.47 Å². The molecular formula is C18H31NO2. The SMILES string of the molecule is CC1=CC(C)C(C2OCC(CN3CCCCC3)O2)C(C)C1. The molecule has 0 aromatic carbocycles. The van der Waals surface area contributed by atoms with Crippen molar-refractivity contribution in [1.82, 2.24) is 4.90 Å². The standard InChI is InChI=1S/C18H31NO2/c1-13-9-14(2)17(15(3)10-13)18-20-12-16(21-18)11-19-7-5-4-6-8-19/h9,14-18H,4-8,10-12H2,1-3H3. The predicted molar refractivity (Wildman–Crippen MR) is 85.1 cm³/mol. The van der Waals surface area contributed by atoms with Crippen molar-refractivity contribution in [2.24, 2.45) is 17.8 Å². The van der Waals surface area contributed by atoms with E-state index in [0.717, 1.165) is 13.2 Å². The fourth-order valence-corrected chi connectivity index (χ4v) is 4.50. The first-order valence-corrected chi connectivity index (χ1v) is 8.80. The highest BCUT2D eigenvalue weighted by atomic mass is 16.7. The van der Waals surface area contributed by atoms with Crippen molar-refractivity contribution in [2.75, 3.05) is 26.2 Å². The van der Waals surface area contributed by atoms with E-state index in [-0.39, 0.29) is 12.4 Å². The summed E-state index contributed by atoms with van der Waals surface area (Å²) in [6.07, 6.45) is 7.97. The molecule has 3 rings (SSSR count). The van der Waals surface area contributed by atoms with E-state index in [0.29, 0.717) is 17.8 Å². The average molecular weight is 293 g/mol. The van der Waals surface area contributed by atoms with Crippen molar-refractivity contribution in [3.05, 3.63) is 11.6 Å². The van der Waals surface area contributed by atoms with Crippen LogP contribution >= 0.6 is 0 Å². The molecule has 2 saturated heterocycles. The Kier molecular flexibility index (Phi) is 5.03. The normalized spacial score (nSPS) is 42.0.